The number of hydrogen-bond donors (Lipinski definition) is 2. The zero-order chi connectivity index (χ0) is 18.9. The van der Waals surface area contributed by atoms with Gasteiger partial charge in [-0.25, -0.2) is 0 Å². The van der Waals surface area contributed by atoms with Gasteiger partial charge in [-0.2, -0.15) is 0 Å². The van der Waals surface area contributed by atoms with Gasteiger partial charge in [0.1, 0.15) is 5.54 Å². The number of halogens is 2. The average Bonchev–Trinajstić information content (AvgIpc) is 2.79. The Labute approximate surface area is 170 Å². The SMILES string of the molecule is O=C1Nc2cc(Cl)ccc2C1(Cc1cccc(Cl)c1)NC1CCCCCC1. The molecule has 1 aliphatic heterocycles. The Bertz CT molecular complexity index is 846. The van der Waals surface area contributed by atoms with Gasteiger partial charge in [0, 0.05) is 33.8 Å². The first-order valence-electron chi connectivity index (χ1n) is 9.70. The van der Waals surface area contributed by atoms with Gasteiger partial charge in [0.05, 0.1) is 0 Å². The molecule has 27 heavy (non-hydrogen) atoms. The van der Waals surface area contributed by atoms with Crippen molar-refractivity contribution < 1.29 is 4.79 Å². The van der Waals surface area contributed by atoms with Crippen molar-refractivity contribution in [2.75, 3.05) is 5.32 Å². The molecular formula is C22H24Cl2N2O. The summed E-state index contributed by atoms with van der Waals surface area (Å²) in [5, 5.41) is 8.13. The van der Waals surface area contributed by atoms with E-state index in [2.05, 4.69) is 10.6 Å². The van der Waals surface area contributed by atoms with Crippen LogP contribution in [0.1, 0.15) is 49.7 Å². The molecule has 0 radical (unpaired) electrons. The second-order valence-corrected chi connectivity index (χ2v) is 8.56. The summed E-state index contributed by atoms with van der Waals surface area (Å²) in [4.78, 5) is 13.3. The van der Waals surface area contributed by atoms with Crippen LogP contribution in [0.5, 0.6) is 0 Å². The van der Waals surface area contributed by atoms with Crippen LogP contribution in [0, 0.1) is 0 Å². The van der Waals surface area contributed by atoms with Gasteiger partial charge in [0.2, 0.25) is 5.91 Å². The Morgan fingerprint density at radius 3 is 2.48 bits per heavy atom. The number of rotatable bonds is 4. The van der Waals surface area contributed by atoms with Crippen molar-refractivity contribution in [3.05, 3.63) is 63.6 Å². The van der Waals surface area contributed by atoms with Crippen LogP contribution >= 0.6 is 23.2 Å². The number of benzene rings is 2. The molecule has 1 aliphatic carbocycles. The number of nitrogens with one attached hydrogen (secondary N) is 2. The summed E-state index contributed by atoms with van der Waals surface area (Å²) in [6.45, 7) is 0. The third-order valence-electron chi connectivity index (χ3n) is 5.74. The number of hydrogen-bond acceptors (Lipinski definition) is 2. The minimum Gasteiger partial charge on any atom is -0.324 e. The van der Waals surface area contributed by atoms with Crippen LogP contribution in [0.15, 0.2) is 42.5 Å². The summed E-state index contributed by atoms with van der Waals surface area (Å²) in [6.07, 6.45) is 7.74. The van der Waals surface area contributed by atoms with E-state index in [0.29, 0.717) is 22.5 Å². The molecule has 1 atom stereocenters. The molecule has 2 aliphatic rings. The van der Waals surface area contributed by atoms with Crippen molar-refractivity contribution in [1.29, 1.82) is 0 Å². The van der Waals surface area contributed by atoms with Crippen LogP contribution in [0.3, 0.4) is 0 Å². The van der Waals surface area contributed by atoms with E-state index in [9.17, 15) is 4.79 Å². The molecule has 2 N–H and O–H groups in total. The van der Waals surface area contributed by atoms with Gasteiger partial charge in [-0.15, -0.1) is 0 Å². The number of anilines is 1. The van der Waals surface area contributed by atoms with Crippen molar-refractivity contribution in [3.8, 4) is 0 Å². The molecule has 4 rings (SSSR count). The highest BCUT2D eigenvalue weighted by molar-refractivity contribution is 6.31. The van der Waals surface area contributed by atoms with Gasteiger partial charge in [-0.05, 0) is 42.7 Å². The standard InChI is InChI=1S/C22H24Cl2N2O/c23-16-7-5-6-15(12-16)14-22(26-18-8-3-1-2-4-9-18)19-11-10-17(24)13-20(19)25-21(22)27/h5-7,10-13,18,26H,1-4,8-9,14H2,(H,25,27). The first-order chi connectivity index (χ1) is 13.1. The molecule has 2 aromatic carbocycles. The Balaban J connectivity index is 1.74. The molecule has 0 spiro atoms. The van der Waals surface area contributed by atoms with Crippen LogP contribution < -0.4 is 10.6 Å². The fourth-order valence-corrected chi connectivity index (χ4v) is 4.82. The third kappa shape index (κ3) is 3.87. The zero-order valence-electron chi connectivity index (χ0n) is 15.2. The predicted octanol–water partition coefficient (Wildman–Crippen LogP) is 5.70. The minimum absolute atomic E-state index is 0.0102. The molecule has 0 saturated heterocycles. The average molecular weight is 403 g/mol. The molecule has 2 aromatic rings. The molecular weight excluding hydrogens is 379 g/mol. The summed E-state index contributed by atoms with van der Waals surface area (Å²) >= 11 is 12.4. The summed E-state index contributed by atoms with van der Waals surface area (Å²) in [5.74, 6) is -0.0102. The van der Waals surface area contributed by atoms with Gasteiger partial charge in [0.25, 0.3) is 0 Å². The smallest absolute Gasteiger partial charge is 0.249 e. The van der Waals surface area contributed by atoms with Crippen LogP contribution in [0.2, 0.25) is 10.0 Å². The first-order valence-corrected chi connectivity index (χ1v) is 10.5. The lowest BCUT2D eigenvalue weighted by Gasteiger charge is -2.34. The summed E-state index contributed by atoms with van der Waals surface area (Å²) in [5.41, 5.74) is 2.03. The van der Waals surface area contributed by atoms with Crippen LogP contribution in [-0.4, -0.2) is 11.9 Å². The summed E-state index contributed by atoms with van der Waals surface area (Å²) < 4.78 is 0. The van der Waals surface area contributed by atoms with E-state index in [1.54, 1.807) is 0 Å². The largest absolute Gasteiger partial charge is 0.324 e. The van der Waals surface area contributed by atoms with Gasteiger partial charge >= 0.3 is 0 Å². The van der Waals surface area contributed by atoms with Crippen LogP contribution in [-0.2, 0) is 16.8 Å². The van der Waals surface area contributed by atoms with Crippen LogP contribution in [0.4, 0.5) is 5.69 Å². The van der Waals surface area contributed by atoms with Crippen molar-refractivity contribution in [2.24, 2.45) is 0 Å². The lowest BCUT2D eigenvalue weighted by molar-refractivity contribution is -0.122. The lowest BCUT2D eigenvalue weighted by atomic mass is 9.83. The zero-order valence-corrected chi connectivity index (χ0v) is 16.7. The van der Waals surface area contributed by atoms with E-state index >= 15 is 0 Å². The van der Waals surface area contributed by atoms with Gasteiger partial charge in [-0.1, -0.05) is 67.1 Å². The fraction of sp³-hybridized carbons (Fsp3) is 0.409. The number of fused-ring (bicyclic) bond motifs is 1. The van der Waals surface area contributed by atoms with E-state index < -0.39 is 5.54 Å². The quantitative estimate of drug-likeness (QED) is 0.644. The highest BCUT2D eigenvalue weighted by atomic mass is 35.5. The predicted molar refractivity (Wildman–Crippen MR) is 112 cm³/mol. The third-order valence-corrected chi connectivity index (χ3v) is 6.21. The Hall–Kier alpha value is -1.55. The maximum Gasteiger partial charge on any atom is 0.249 e. The topological polar surface area (TPSA) is 41.1 Å². The Morgan fingerprint density at radius 2 is 1.74 bits per heavy atom. The maximum atomic E-state index is 13.3. The monoisotopic (exact) mass is 402 g/mol. The molecule has 0 bridgehead atoms. The van der Waals surface area contributed by atoms with Crippen molar-refractivity contribution >= 4 is 34.8 Å². The fourth-order valence-electron chi connectivity index (χ4n) is 4.44. The molecule has 1 unspecified atom stereocenters. The second kappa shape index (κ2) is 7.83. The van der Waals surface area contributed by atoms with Gasteiger partial charge in [0.15, 0.2) is 0 Å². The van der Waals surface area contributed by atoms with Crippen LogP contribution in [0.25, 0.3) is 0 Å². The molecule has 0 aromatic heterocycles. The minimum atomic E-state index is -0.792. The Kier molecular flexibility index (Phi) is 5.45. The molecule has 1 saturated carbocycles. The molecule has 5 heteroatoms. The normalized spacial score (nSPS) is 23.0. The van der Waals surface area contributed by atoms with Crippen molar-refractivity contribution in [2.45, 2.75) is 56.5 Å². The number of carbonyl (C=O) groups is 1. The molecule has 1 amide bonds. The highest BCUT2D eigenvalue weighted by Gasteiger charge is 2.47. The summed E-state index contributed by atoms with van der Waals surface area (Å²) in [7, 11) is 0. The van der Waals surface area contributed by atoms with Gasteiger partial charge < -0.3 is 5.32 Å². The van der Waals surface area contributed by atoms with E-state index in [0.717, 1.165) is 29.7 Å². The van der Waals surface area contributed by atoms with E-state index in [1.807, 2.05) is 42.5 Å². The second-order valence-electron chi connectivity index (χ2n) is 7.69. The Morgan fingerprint density at radius 1 is 1.00 bits per heavy atom. The lowest BCUT2D eigenvalue weighted by Crippen LogP contribution is -2.53. The number of amides is 1. The van der Waals surface area contributed by atoms with Crippen molar-refractivity contribution in [3.63, 3.8) is 0 Å². The van der Waals surface area contributed by atoms with Gasteiger partial charge in [-0.3, -0.25) is 10.1 Å². The first kappa shape index (κ1) is 18.8. The molecule has 1 fully saturated rings. The van der Waals surface area contributed by atoms with E-state index in [1.165, 1.54) is 25.7 Å². The highest BCUT2D eigenvalue weighted by Crippen LogP contribution is 2.41. The van der Waals surface area contributed by atoms with E-state index in [4.69, 9.17) is 23.2 Å². The molecule has 1 heterocycles. The molecule has 142 valence electrons. The maximum absolute atomic E-state index is 13.3. The number of carbonyl (C=O) groups excluding carboxylic acids is 1. The summed E-state index contributed by atoms with van der Waals surface area (Å²) in [6, 6.07) is 13.8. The molecule has 3 nitrogen and oxygen atoms in total. The van der Waals surface area contributed by atoms with E-state index in [-0.39, 0.29) is 5.91 Å². The van der Waals surface area contributed by atoms with Crippen molar-refractivity contribution in [1.82, 2.24) is 5.32 Å².